The molecule has 2 atom stereocenters. The summed E-state index contributed by atoms with van der Waals surface area (Å²) in [7, 11) is 0. The van der Waals surface area contributed by atoms with Crippen LogP contribution in [0.5, 0.6) is 0 Å². The molecule has 1 aliphatic rings. The Balaban J connectivity index is 1.71. The van der Waals surface area contributed by atoms with Crippen LogP contribution in [0.3, 0.4) is 0 Å². The Morgan fingerprint density at radius 3 is 2.10 bits per heavy atom. The molecule has 3 rings (SSSR count). The molecule has 0 saturated heterocycles. The van der Waals surface area contributed by atoms with Crippen LogP contribution in [-0.4, -0.2) is 12.1 Å². The molecule has 2 N–H and O–H groups in total. The Morgan fingerprint density at radius 2 is 1.38 bits per heavy atom. The van der Waals surface area contributed by atoms with Crippen LogP contribution in [0.1, 0.15) is 25.7 Å². The minimum absolute atomic E-state index is 0.179. The molecule has 1 saturated carbocycles. The fraction of sp³-hybridized carbons (Fsp3) is 0.333. The van der Waals surface area contributed by atoms with Crippen LogP contribution in [0.2, 0.25) is 0 Å². The van der Waals surface area contributed by atoms with Gasteiger partial charge in [-0.3, -0.25) is 0 Å². The van der Waals surface area contributed by atoms with E-state index in [9.17, 15) is 4.39 Å². The second kappa shape index (κ2) is 6.61. The predicted octanol–water partition coefficient (Wildman–Crippen LogP) is 4.66. The molecule has 2 aromatic carbocycles. The monoisotopic (exact) mass is 284 g/mol. The maximum atomic E-state index is 13.8. The number of hydrogen-bond acceptors (Lipinski definition) is 2. The van der Waals surface area contributed by atoms with Gasteiger partial charge in [0.05, 0.1) is 5.69 Å². The normalized spacial score (nSPS) is 21.8. The van der Waals surface area contributed by atoms with E-state index in [0.29, 0.717) is 11.7 Å². The van der Waals surface area contributed by atoms with Crippen LogP contribution in [0.4, 0.5) is 15.8 Å². The topological polar surface area (TPSA) is 24.1 Å². The minimum Gasteiger partial charge on any atom is -0.380 e. The van der Waals surface area contributed by atoms with E-state index >= 15 is 0 Å². The van der Waals surface area contributed by atoms with Crippen molar-refractivity contribution in [3.8, 4) is 0 Å². The molecule has 1 fully saturated rings. The molecular weight excluding hydrogens is 263 g/mol. The highest BCUT2D eigenvalue weighted by Crippen LogP contribution is 2.26. The molecule has 0 aliphatic heterocycles. The van der Waals surface area contributed by atoms with Gasteiger partial charge >= 0.3 is 0 Å². The van der Waals surface area contributed by atoms with E-state index in [0.717, 1.165) is 18.5 Å². The average molecular weight is 284 g/mol. The molecule has 0 radical (unpaired) electrons. The zero-order valence-corrected chi connectivity index (χ0v) is 12.1. The quantitative estimate of drug-likeness (QED) is 0.853. The number of nitrogens with one attached hydrogen (secondary N) is 2. The van der Waals surface area contributed by atoms with Crippen molar-refractivity contribution in [1.29, 1.82) is 0 Å². The number of para-hydroxylation sites is 2. The van der Waals surface area contributed by atoms with Gasteiger partial charge in [0, 0.05) is 17.8 Å². The Labute approximate surface area is 125 Å². The van der Waals surface area contributed by atoms with Crippen LogP contribution in [-0.2, 0) is 0 Å². The summed E-state index contributed by atoms with van der Waals surface area (Å²) in [6.07, 6.45) is 4.60. The third-order valence-electron chi connectivity index (χ3n) is 4.11. The largest absolute Gasteiger partial charge is 0.380 e. The van der Waals surface area contributed by atoms with Gasteiger partial charge in [0.1, 0.15) is 5.82 Å². The molecule has 0 spiro atoms. The van der Waals surface area contributed by atoms with Gasteiger partial charge in [-0.1, -0.05) is 43.2 Å². The first-order valence-corrected chi connectivity index (χ1v) is 7.65. The van der Waals surface area contributed by atoms with Gasteiger partial charge in [0.25, 0.3) is 0 Å². The molecule has 110 valence electrons. The molecule has 0 aromatic heterocycles. The van der Waals surface area contributed by atoms with E-state index < -0.39 is 0 Å². The summed E-state index contributed by atoms with van der Waals surface area (Å²) in [6.45, 7) is 0. The van der Waals surface area contributed by atoms with E-state index in [-0.39, 0.29) is 11.9 Å². The smallest absolute Gasteiger partial charge is 0.146 e. The SMILES string of the molecule is Fc1ccccc1N[C@H]1CCCC[C@@H]1Nc1ccccc1. The second-order valence-corrected chi connectivity index (χ2v) is 5.63. The summed E-state index contributed by atoms with van der Waals surface area (Å²) in [6, 6.07) is 17.7. The zero-order valence-electron chi connectivity index (χ0n) is 12.1. The fourth-order valence-corrected chi connectivity index (χ4v) is 3.00. The number of hydrogen-bond donors (Lipinski definition) is 2. The van der Waals surface area contributed by atoms with Crippen molar-refractivity contribution < 1.29 is 4.39 Å². The van der Waals surface area contributed by atoms with E-state index in [4.69, 9.17) is 0 Å². The van der Waals surface area contributed by atoms with Gasteiger partial charge in [0.15, 0.2) is 0 Å². The van der Waals surface area contributed by atoms with Crippen molar-refractivity contribution >= 4 is 11.4 Å². The van der Waals surface area contributed by atoms with Crippen molar-refractivity contribution in [2.75, 3.05) is 10.6 Å². The van der Waals surface area contributed by atoms with E-state index in [1.54, 1.807) is 6.07 Å². The van der Waals surface area contributed by atoms with Crippen molar-refractivity contribution in [3.05, 3.63) is 60.4 Å². The maximum absolute atomic E-state index is 13.8. The fourth-order valence-electron chi connectivity index (χ4n) is 3.00. The summed E-state index contributed by atoms with van der Waals surface area (Å²) in [4.78, 5) is 0. The first-order chi connectivity index (χ1) is 10.3. The molecule has 2 nitrogen and oxygen atoms in total. The molecule has 21 heavy (non-hydrogen) atoms. The van der Waals surface area contributed by atoms with Crippen molar-refractivity contribution in [2.45, 2.75) is 37.8 Å². The van der Waals surface area contributed by atoms with E-state index in [1.807, 2.05) is 30.3 Å². The highest BCUT2D eigenvalue weighted by molar-refractivity contribution is 5.48. The van der Waals surface area contributed by atoms with Crippen LogP contribution in [0.25, 0.3) is 0 Å². The molecular formula is C18H21FN2. The Hall–Kier alpha value is -2.03. The van der Waals surface area contributed by atoms with Crippen LogP contribution in [0, 0.1) is 5.82 Å². The summed E-state index contributed by atoms with van der Waals surface area (Å²) in [5.41, 5.74) is 1.73. The highest BCUT2D eigenvalue weighted by Gasteiger charge is 2.25. The first kappa shape index (κ1) is 13.9. The lowest BCUT2D eigenvalue weighted by atomic mass is 9.90. The van der Waals surface area contributed by atoms with Crippen molar-refractivity contribution in [3.63, 3.8) is 0 Å². The molecule has 3 heteroatoms. The van der Waals surface area contributed by atoms with E-state index in [2.05, 4.69) is 22.8 Å². The average Bonchev–Trinajstić information content (AvgIpc) is 2.52. The highest BCUT2D eigenvalue weighted by atomic mass is 19.1. The van der Waals surface area contributed by atoms with Gasteiger partial charge in [0.2, 0.25) is 0 Å². The zero-order chi connectivity index (χ0) is 14.5. The number of halogens is 1. The number of benzene rings is 2. The summed E-state index contributed by atoms with van der Waals surface area (Å²) >= 11 is 0. The lowest BCUT2D eigenvalue weighted by Crippen LogP contribution is -2.41. The summed E-state index contributed by atoms with van der Waals surface area (Å²) in [5.74, 6) is -0.179. The summed E-state index contributed by atoms with van der Waals surface area (Å²) in [5, 5.41) is 6.97. The third kappa shape index (κ3) is 3.54. The summed E-state index contributed by atoms with van der Waals surface area (Å²) < 4.78 is 13.8. The molecule has 0 bridgehead atoms. The first-order valence-electron chi connectivity index (χ1n) is 7.65. The minimum atomic E-state index is -0.179. The standard InChI is InChI=1S/C18H21FN2/c19-15-10-4-5-11-16(15)21-18-13-7-6-12-17(18)20-14-8-2-1-3-9-14/h1-5,8-11,17-18,20-21H,6-7,12-13H2/t17-,18-/m0/s1. The van der Waals surface area contributed by atoms with Gasteiger partial charge in [-0.05, 0) is 37.1 Å². The lowest BCUT2D eigenvalue weighted by molar-refractivity contribution is 0.422. The van der Waals surface area contributed by atoms with Crippen LogP contribution < -0.4 is 10.6 Å². The van der Waals surface area contributed by atoms with Gasteiger partial charge in [-0.25, -0.2) is 4.39 Å². The predicted molar refractivity (Wildman–Crippen MR) is 86.1 cm³/mol. The van der Waals surface area contributed by atoms with Gasteiger partial charge in [-0.15, -0.1) is 0 Å². The lowest BCUT2D eigenvalue weighted by Gasteiger charge is -2.34. The Kier molecular flexibility index (Phi) is 4.39. The Morgan fingerprint density at radius 1 is 0.762 bits per heavy atom. The van der Waals surface area contributed by atoms with Gasteiger partial charge in [-0.2, -0.15) is 0 Å². The molecule has 0 unspecified atom stereocenters. The molecule has 1 aliphatic carbocycles. The molecule has 2 aromatic rings. The van der Waals surface area contributed by atoms with Crippen molar-refractivity contribution in [2.24, 2.45) is 0 Å². The van der Waals surface area contributed by atoms with Gasteiger partial charge < -0.3 is 10.6 Å². The van der Waals surface area contributed by atoms with E-state index in [1.165, 1.54) is 18.9 Å². The van der Waals surface area contributed by atoms with Crippen LogP contribution >= 0.6 is 0 Å². The van der Waals surface area contributed by atoms with Crippen molar-refractivity contribution in [1.82, 2.24) is 0 Å². The Bertz CT molecular complexity index is 570. The number of rotatable bonds is 4. The molecule has 0 heterocycles. The second-order valence-electron chi connectivity index (χ2n) is 5.63. The number of anilines is 2. The third-order valence-corrected chi connectivity index (χ3v) is 4.11. The maximum Gasteiger partial charge on any atom is 0.146 e. The van der Waals surface area contributed by atoms with Crippen LogP contribution in [0.15, 0.2) is 54.6 Å². The molecule has 0 amide bonds.